The van der Waals surface area contributed by atoms with E-state index in [4.69, 9.17) is 18.0 Å². The molecule has 0 unspecified atom stereocenters. The lowest BCUT2D eigenvalue weighted by Gasteiger charge is -2.28. The average Bonchev–Trinajstić information content (AvgIpc) is 3.19. The molecule has 1 aliphatic heterocycles. The predicted molar refractivity (Wildman–Crippen MR) is 138 cm³/mol. The Bertz CT molecular complexity index is 1660. The van der Waals surface area contributed by atoms with Crippen LogP contribution in [0.4, 0.5) is 0 Å². The maximum absolute atomic E-state index is 13.2. The number of hydrogen-bond donors (Lipinski definition) is 0. The van der Waals surface area contributed by atoms with Crippen molar-refractivity contribution in [3.05, 3.63) is 93.2 Å². The fourth-order valence-electron chi connectivity index (χ4n) is 4.12. The first-order chi connectivity index (χ1) is 16.9. The normalized spacial score (nSPS) is 14.6. The molecule has 0 spiro atoms. The summed E-state index contributed by atoms with van der Waals surface area (Å²) in [6.45, 7) is 1.00. The third-order valence-corrected chi connectivity index (χ3v) is 9.06. The number of fused-ring (bicyclic) bond motifs is 2. The zero-order chi connectivity index (χ0) is 24.6. The summed E-state index contributed by atoms with van der Waals surface area (Å²) in [5.74, 6) is 2.10. The molecule has 176 valence electrons. The Kier molecular flexibility index (Phi) is 6.34. The first-order valence-electron chi connectivity index (χ1n) is 10.9. The van der Waals surface area contributed by atoms with Gasteiger partial charge in [0.2, 0.25) is 10.0 Å². The van der Waals surface area contributed by atoms with E-state index in [-0.39, 0.29) is 17.0 Å². The topological polar surface area (TPSA) is 71.7 Å². The van der Waals surface area contributed by atoms with Crippen LogP contribution in [0.2, 0.25) is 5.02 Å². The van der Waals surface area contributed by atoms with Gasteiger partial charge in [0.15, 0.2) is 4.80 Å². The van der Waals surface area contributed by atoms with Crippen molar-refractivity contribution >= 4 is 49.1 Å². The van der Waals surface area contributed by atoms with Crippen LogP contribution in [0.1, 0.15) is 21.5 Å². The second kappa shape index (κ2) is 9.44. The van der Waals surface area contributed by atoms with Gasteiger partial charge in [-0.25, -0.2) is 8.42 Å². The molecule has 0 aliphatic carbocycles. The Hall–Kier alpha value is -3.22. The number of aromatic nitrogens is 1. The summed E-state index contributed by atoms with van der Waals surface area (Å²) in [6.07, 6.45) is 6.19. The lowest BCUT2D eigenvalue weighted by molar-refractivity contribution is 0.0998. The highest BCUT2D eigenvalue weighted by molar-refractivity contribution is 7.89. The van der Waals surface area contributed by atoms with Gasteiger partial charge in [-0.15, -0.1) is 6.42 Å². The largest absolute Gasteiger partial charge is 0.305 e. The van der Waals surface area contributed by atoms with Crippen LogP contribution in [0.15, 0.2) is 76.6 Å². The van der Waals surface area contributed by atoms with Crippen molar-refractivity contribution in [3.63, 3.8) is 0 Å². The van der Waals surface area contributed by atoms with Crippen LogP contribution in [-0.4, -0.2) is 29.7 Å². The zero-order valence-electron chi connectivity index (χ0n) is 18.5. The summed E-state index contributed by atoms with van der Waals surface area (Å²) in [7, 11) is -3.69. The van der Waals surface area contributed by atoms with Crippen LogP contribution in [-0.2, 0) is 29.5 Å². The molecule has 5 rings (SSSR count). The number of nitrogens with zero attached hydrogens (tertiary/aromatic N) is 3. The number of carbonyl (C=O) groups excluding carboxylic acids is 1. The van der Waals surface area contributed by atoms with Gasteiger partial charge in [0.1, 0.15) is 0 Å². The highest BCUT2D eigenvalue weighted by Gasteiger charge is 2.28. The number of benzene rings is 3. The third kappa shape index (κ3) is 4.56. The first-order valence-corrected chi connectivity index (χ1v) is 13.5. The van der Waals surface area contributed by atoms with E-state index in [9.17, 15) is 13.2 Å². The molecule has 35 heavy (non-hydrogen) atoms. The van der Waals surface area contributed by atoms with Crippen LogP contribution in [0, 0.1) is 12.3 Å². The fourth-order valence-corrected chi connectivity index (χ4v) is 6.84. The van der Waals surface area contributed by atoms with Gasteiger partial charge in [-0.2, -0.15) is 9.30 Å². The monoisotopic (exact) mass is 521 g/mol. The molecular weight excluding hydrogens is 502 g/mol. The Morgan fingerprint density at radius 1 is 1.09 bits per heavy atom. The molecule has 1 aromatic heterocycles. The maximum Gasteiger partial charge on any atom is 0.279 e. The minimum Gasteiger partial charge on any atom is -0.305 e. The fraction of sp³-hybridized carbons (Fsp3) is 0.154. The highest BCUT2D eigenvalue weighted by atomic mass is 35.5. The number of rotatable bonds is 4. The van der Waals surface area contributed by atoms with Gasteiger partial charge in [0.05, 0.1) is 21.7 Å². The molecule has 2 heterocycles. The quantitative estimate of drug-likeness (QED) is 0.372. The first kappa shape index (κ1) is 23.5. The smallest absolute Gasteiger partial charge is 0.279 e. The van der Waals surface area contributed by atoms with Crippen molar-refractivity contribution in [1.82, 2.24) is 8.87 Å². The van der Waals surface area contributed by atoms with Crippen LogP contribution < -0.4 is 4.80 Å². The van der Waals surface area contributed by atoms with Crippen molar-refractivity contribution < 1.29 is 13.2 Å². The Balaban J connectivity index is 1.42. The van der Waals surface area contributed by atoms with Crippen molar-refractivity contribution in [3.8, 4) is 12.3 Å². The molecule has 1 aliphatic rings. The summed E-state index contributed by atoms with van der Waals surface area (Å²) in [5.41, 5.74) is 3.31. The summed E-state index contributed by atoms with van der Waals surface area (Å²) < 4.78 is 30.5. The molecule has 0 bridgehead atoms. The van der Waals surface area contributed by atoms with Gasteiger partial charge in [-0.3, -0.25) is 4.79 Å². The van der Waals surface area contributed by atoms with Crippen molar-refractivity contribution in [2.45, 2.75) is 24.4 Å². The van der Waals surface area contributed by atoms with Gasteiger partial charge >= 0.3 is 0 Å². The molecule has 0 N–H and O–H groups in total. The summed E-state index contributed by atoms with van der Waals surface area (Å²) in [4.78, 5) is 17.8. The molecular formula is C26H20ClN3O3S2. The van der Waals surface area contributed by atoms with E-state index in [2.05, 4.69) is 10.9 Å². The molecule has 4 aromatic rings. The van der Waals surface area contributed by atoms with Crippen LogP contribution in [0.5, 0.6) is 0 Å². The number of amides is 1. The SMILES string of the molecule is C#CCn1c(=NC(=O)c2ccc(S(=O)(=O)N3CCc4ccccc4C3)cc2)sc2cc(Cl)ccc21. The number of sulfonamides is 1. The van der Waals surface area contributed by atoms with Gasteiger partial charge in [0.25, 0.3) is 5.91 Å². The second-order valence-electron chi connectivity index (χ2n) is 8.09. The minimum atomic E-state index is -3.69. The molecule has 6 nitrogen and oxygen atoms in total. The van der Waals surface area contributed by atoms with E-state index in [1.165, 1.54) is 45.5 Å². The van der Waals surface area contributed by atoms with E-state index in [1.54, 1.807) is 16.7 Å². The van der Waals surface area contributed by atoms with Gasteiger partial charge in [-0.1, -0.05) is 53.1 Å². The van der Waals surface area contributed by atoms with E-state index >= 15 is 0 Å². The number of hydrogen-bond acceptors (Lipinski definition) is 4. The molecule has 0 atom stereocenters. The average molecular weight is 522 g/mol. The van der Waals surface area contributed by atoms with E-state index in [0.29, 0.717) is 29.3 Å². The molecule has 0 fully saturated rings. The van der Waals surface area contributed by atoms with Crippen LogP contribution >= 0.6 is 22.9 Å². The standard InChI is InChI=1S/C26H20ClN3O3S2/c1-2-14-30-23-12-9-21(27)16-24(23)34-26(30)28-25(31)19-7-10-22(11-8-19)35(32,33)29-15-13-18-5-3-4-6-20(18)17-29/h1,3-12,16H,13-15,17H2. The number of carbonyl (C=O) groups is 1. The van der Waals surface area contributed by atoms with Gasteiger partial charge < -0.3 is 4.57 Å². The molecule has 3 aromatic carbocycles. The molecule has 9 heteroatoms. The summed E-state index contributed by atoms with van der Waals surface area (Å²) in [6, 6.07) is 19.2. The van der Waals surface area contributed by atoms with E-state index in [1.807, 2.05) is 30.3 Å². The summed E-state index contributed by atoms with van der Waals surface area (Å²) in [5, 5.41) is 0.582. The predicted octanol–water partition coefficient (Wildman–Crippen LogP) is 4.48. The zero-order valence-corrected chi connectivity index (χ0v) is 20.9. The van der Waals surface area contributed by atoms with Gasteiger partial charge in [0, 0.05) is 23.7 Å². The number of terminal acetylenes is 1. The third-order valence-electron chi connectivity index (χ3n) is 5.93. The highest BCUT2D eigenvalue weighted by Crippen LogP contribution is 2.25. The Morgan fingerprint density at radius 3 is 2.57 bits per heavy atom. The lowest BCUT2D eigenvalue weighted by Crippen LogP contribution is -2.35. The number of thiazole rings is 1. The maximum atomic E-state index is 13.2. The van der Waals surface area contributed by atoms with Crippen molar-refractivity contribution in [2.75, 3.05) is 6.54 Å². The summed E-state index contributed by atoms with van der Waals surface area (Å²) >= 11 is 7.41. The Labute approximate surface area is 212 Å². The molecule has 0 radical (unpaired) electrons. The minimum absolute atomic E-state index is 0.146. The van der Waals surface area contributed by atoms with Crippen LogP contribution in [0.25, 0.3) is 10.2 Å². The molecule has 1 amide bonds. The van der Waals surface area contributed by atoms with Crippen molar-refractivity contribution in [1.29, 1.82) is 0 Å². The van der Waals surface area contributed by atoms with E-state index in [0.717, 1.165) is 15.8 Å². The second-order valence-corrected chi connectivity index (χ2v) is 11.5. The van der Waals surface area contributed by atoms with Crippen LogP contribution in [0.3, 0.4) is 0 Å². The Morgan fingerprint density at radius 2 is 1.83 bits per heavy atom. The van der Waals surface area contributed by atoms with Gasteiger partial charge in [-0.05, 0) is 60.0 Å². The molecule has 0 saturated carbocycles. The lowest BCUT2D eigenvalue weighted by atomic mass is 10.0. The number of halogens is 1. The van der Waals surface area contributed by atoms with Crippen molar-refractivity contribution in [2.24, 2.45) is 4.99 Å². The molecule has 0 saturated heterocycles. The van der Waals surface area contributed by atoms with E-state index < -0.39 is 15.9 Å².